The Balaban J connectivity index is 2.31. The number of hydrogen-bond donors (Lipinski definition) is 1. The minimum absolute atomic E-state index is 0.284. The molecule has 0 aliphatic carbocycles. The minimum Gasteiger partial charge on any atom is -0.406 e. The maximum atomic E-state index is 12.2. The van der Waals surface area contributed by atoms with E-state index < -0.39 is 12.4 Å². The molecule has 0 saturated carbocycles. The monoisotopic (exact) mass is 296 g/mol. The number of aromatic nitrogens is 1. The van der Waals surface area contributed by atoms with Crippen LogP contribution in [0.25, 0.3) is 0 Å². The first-order chi connectivity index (χ1) is 9.76. The lowest BCUT2D eigenvalue weighted by Crippen LogP contribution is -2.18. The van der Waals surface area contributed by atoms with Gasteiger partial charge in [-0.3, -0.25) is 4.98 Å². The van der Waals surface area contributed by atoms with Crippen LogP contribution in [0, 0.1) is 13.8 Å². The van der Waals surface area contributed by atoms with E-state index in [1.807, 2.05) is 26.0 Å². The second-order valence-corrected chi connectivity index (χ2v) is 4.73. The normalized spacial score (nSPS) is 13.0. The van der Waals surface area contributed by atoms with Crippen LogP contribution in [0.5, 0.6) is 5.75 Å². The summed E-state index contributed by atoms with van der Waals surface area (Å²) < 4.78 is 40.6. The Morgan fingerprint density at radius 3 is 2.48 bits per heavy atom. The van der Waals surface area contributed by atoms with Crippen LogP contribution in [-0.2, 0) is 0 Å². The molecule has 2 aromatic rings. The van der Waals surface area contributed by atoms with Gasteiger partial charge in [-0.25, -0.2) is 0 Å². The predicted octanol–water partition coefficient (Wildman–Crippen LogP) is 3.65. The van der Waals surface area contributed by atoms with Crippen LogP contribution < -0.4 is 10.5 Å². The predicted molar refractivity (Wildman–Crippen MR) is 72.9 cm³/mol. The number of ether oxygens (including phenoxy) is 1. The van der Waals surface area contributed by atoms with Crippen molar-refractivity contribution in [3.05, 3.63) is 58.9 Å². The smallest absolute Gasteiger partial charge is 0.406 e. The van der Waals surface area contributed by atoms with Gasteiger partial charge in [0.1, 0.15) is 5.75 Å². The van der Waals surface area contributed by atoms with E-state index in [0.717, 1.165) is 17.0 Å². The number of hydrogen-bond acceptors (Lipinski definition) is 3. The summed E-state index contributed by atoms with van der Waals surface area (Å²) in [6.07, 6.45) is -4.72. The molecule has 1 aromatic heterocycles. The molecule has 3 nitrogen and oxygen atoms in total. The summed E-state index contributed by atoms with van der Waals surface area (Å²) in [7, 11) is 0. The lowest BCUT2D eigenvalue weighted by atomic mass is 9.98. The third-order valence-electron chi connectivity index (χ3n) is 3.05. The molecular weight excluding hydrogens is 281 g/mol. The van der Waals surface area contributed by atoms with Crippen molar-refractivity contribution < 1.29 is 17.9 Å². The van der Waals surface area contributed by atoms with Crippen molar-refractivity contribution >= 4 is 0 Å². The zero-order valence-electron chi connectivity index (χ0n) is 11.6. The van der Waals surface area contributed by atoms with Crippen molar-refractivity contribution in [3.8, 4) is 5.75 Å². The molecule has 2 rings (SSSR count). The van der Waals surface area contributed by atoms with Crippen molar-refractivity contribution in [2.75, 3.05) is 0 Å². The van der Waals surface area contributed by atoms with Gasteiger partial charge < -0.3 is 10.5 Å². The van der Waals surface area contributed by atoms with Gasteiger partial charge in [0.05, 0.1) is 6.04 Å². The van der Waals surface area contributed by atoms with E-state index in [9.17, 15) is 13.2 Å². The van der Waals surface area contributed by atoms with Crippen LogP contribution in [0.4, 0.5) is 13.2 Å². The van der Waals surface area contributed by atoms with Gasteiger partial charge in [-0.2, -0.15) is 0 Å². The molecule has 0 amide bonds. The van der Waals surface area contributed by atoms with Gasteiger partial charge >= 0.3 is 6.36 Å². The van der Waals surface area contributed by atoms with E-state index in [-0.39, 0.29) is 5.75 Å². The van der Waals surface area contributed by atoms with Crippen molar-refractivity contribution in [1.82, 2.24) is 4.98 Å². The van der Waals surface area contributed by atoms with Gasteiger partial charge in [0.15, 0.2) is 0 Å². The number of aryl methyl sites for hydroxylation is 2. The highest BCUT2D eigenvalue weighted by Gasteiger charge is 2.31. The van der Waals surface area contributed by atoms with Crippen LogP contribution in [0.15, 0.2) is 36.4 Å². The lowest BCUT2D eigenvalue weighted by molar-refractivity contribution is -0.274. The number of nitrogens with zero attached hydrogens (tertiary/aromatic N) is 1. The van der Waals surface area contributed by atoms with Crippen LogP contribution in [0.2, 0.25) is 0 Å². The molecule has 112 valence electrons. The van der Waals surface area contributed by atoms with Crippen molar-refractivity contribution in [2.24, 2.45) is 5.73 Å². The van der Waals surface area contributed by atoms with Gasteiger partial charge in [0.25, 0.3) is 0 Å². The van der Waals surface area contributed by atoms with Crippen molar-refractivity contribution in [1.29, 1.82) is 0 Å². The molecule has 6 heteroatoms. The molecule has 21 heavy (non-hydrogen) atoms. The molecular formula is C15H15F3N2O. The summed E-state index contributed by atoms with van der Waals surface area (Å²) in [6, 6.07) is 8.76. The lowest BCUT2D eigenvalue weighted by Gasteiger charge is -2.16. The summed E-state index contributed by atoms with van der Waals surface area (Å²) in [5.74, 6) is -0.284. The van der Waals surface area contributed by atoms with Crippen molar-refractivity contribution in [2.45, 2.75) is 26.3 Å². The molecule has 1 unspecified atom stereocenters. The van der Waals surface area contributed by atoms with Crippen LogP contribution in [0.1, 0.15) is 28.6 Å². The van der Waals surface area contributed by atoms with Gasteiger partial charge in [0.2, 0.25) is 0 Å². The summed E-state index contributed by atoms with van der Waals surface area (Å²) in [6.45, 7) is 3.68. The zero-order chi connectivity index (χ0) is 15.6. The number of alkyl halides is 3. The Kier molecular flexibility index (Phi) is 4.18. The Bertz CT molecular complexity index is 641. The Hall–Kier alpha value is -2.08. The quantitative estimate of drug-likeness (QED) is 0.940. The molecule has 0 bridgehead atoms. The van der Waals surface area contributed by atoms with E-state index in [2.05, 4.69) is 9.72 Å². The third-order valence-corrected chi connectivity index (χ3v) is 3.05. The Morgan fingerprint density at radius 2 is 1.86 bits per heavy atom. The van der Waals surface area contributed by atoms with E-state index in [1.54, 1.807) is 6.07 Å². The summed E-state index contributed by atoms with van der Waals surface area (Å²) in [5, 5.41) is 0. The number of nitrogens with two attached hydrogens (primary N) is 1. The third kappa shape index (κ3) is 3.95. The average molecular weight is 296 g/mol. The van der Waals surface area contributed by atoms with Gasteiger partial charge in [-0.1, -0.05) is 18.2 Å². The molecule has 0 spiro atoms. The highest BCUT2D eigenvalue weighted by Crippen LogP contribution is 2.28. The number of pyridine rings is 1. The van der Waals surface area contributed by atoms with Gasteiger partial charge in [-0.05, 0) is 43.2 Å². The minimum atomic E-state index is -4.72. The van der Waals surface area contributed by atoms with Crippen LogP contribution in [-0.4, -0.2) is 11.3 Å². The topological polar surface area (TPSA) is 48.1 Å². The molecule has 1 atom stereocenters. The number of halogens is 3. The van der Waals surface area contributed by atoms with E-state index >= 15 is 0 Å². The first-order valence-electron chi connectivity index (χ1n) is 6.32. The standard InChI is InChI=1S/C15H15F3N2O/c1-9-6-7-13(10(2)20-9)14(19)11-4-3-5-12(8-11)21-15(16,17)18/h3-8,14H,19H2,1-2H3. The fourth-order valence-electron chi connectivity index (χ4n) is 2.11. The maximum Gasteiger partial charge on any atom is 0.573 e. The molecule has 1 aromatic carbocycles. The molecule has 0 aliphatic rings. The molecule has 0 aliphatic heterocycles. The number of rotatable bonds is 3. The van der Waals surface area contributed by atoms with Crippen LogP contribution in [0.3, 0.4) is 0 Å². The van der Waals surface area contributed by atoms with Gasteiger partial charge in [0, 0.05) is 11.4 Å². The zero-order valence-corrected chi connectivity index (χ0v) is 11.6. The van der Waals surface area contributed by atoms with Crippen molar-refractivity contribution in [3.63, 3.8) is 0 Å². The van der Waals surface area contributed by atoms with Gasteiger partial charge in [-0.15, -0.1) is 13.2 Å². The van der Waals surface area contributed by atoms with E-state index in [0.29, 0.717) is 5.56 Å². The fraction of sp³-hybridized carbons (Fsp3) is 0.267. The molecule has 0 radical (unpaired) electrons. The van der Waals surface area contributed by atoms with E-state index in [1.165, 1.54) is 18.2 Å². The highest BCUT2D eigenvalue weighted by atomic mass is 19.4. The second-order valence-electron chi connectivity index (χ2n) is 4.73. The Morgan fingerprint density at radius 1 is 1.14 bits per heavy atom. The average Bonchev–Trinajstić information content (AvgIpc) is 2.36. The largest absolute Gasteiger partial charge is 0.573 e. The highest BCUT2D eigenvalue weighted by molar-refractivity contribution is 5.38. The first kappa shape index (κ1) is 15.3. The second kappa shape index (κ2) is 5.73. The molecule has 0 fully saturated rings. The summed E-state index contributed by atoms with van der Waals surface area (Å²) in [5.41, 5.74) is 9.04. The summed E-state index contributed by atoms with van der Waals surface area (Å²) in [4.78, 5) is 4.31. The van der Waals surface area contributed by atoms with E-state index in [4.69, 9.17) is 5.73 Å². The Labute approximate surface area is 120 Å². The SMILES string of the molecule is Cc1ccc(C(N)c2cccc(OC(F)(F)F)c2)c(C)n1. The molecule has 0 saturated heterocycles. The first-order valence-corrected chi connectivity index (χ1v) is 6.32. The summed E-state index contributed by atoms with van der Waals surface area (Å²) >= 11 is 0. The fourth-order valence-corrected chi connectivity index (χ4v) is 2.11. The molecule has 2 N–H and O–H groups in total. The number of benzene rings is 1. The molecule has 1 heterocycles. The van der Waals surface area contributed by atoms with Crippen LogP contribution >= 0.6 is 0 Å². The maximum absolute atomic E-state index is 12.2.